The number of hydrogen-bond donors (Lipinski definition) is 4. The van der Waals surface area contributed by atoms with Crippen molar-refractivity contribution in [3.63, 3.8) is 0 Å². The summed E-state index contributed by atoms with van der Waals surface area (Å²) in [7, 11) is 0. The third-order valence-corrected chi connectivity index (χ3v) is 5.99. The smallest absolute Gasteiger partial charge is 0.416 e. The first-order chi connectivity index (χ1) is 17.7. The quantitative estimate of drug-likeness (QED) is 0.365. The highest BCUT2D eigenvalue weighted by molar-refractivity contribution is 5.97. The number of alkyl halides is 3. The average molecular weight is 517 g/mol. The van der Waals surface area contributed by atoms with Crippen LogP contribution in [0.4, 0.5) is 30.6 Å². The number of aliphatic hydroxyl groups is 2. The van der Waals surface area contributed by atoms with Gasteiger partial charge >= 0.3 is 6.18 Å². The zero-order valence-corrected chi connectivity index (χ0v) is 19.2. The lowest BCUT2D eigenvalue weighted by molar-refractivity contribution is -0.137. The lowest BCUT2D eigenvalue weighted by Gasteiger charge is -2.30. The van der Waals surface area contributed by atoms with Gasteiger partial charge in [0.25, 0.3) is 0 Å². The van der Waals surface area contributed by atoms with Crippen molar-refractivity contribution in [1.82, 2.24) is 19.9 Å². The number of rotatable bonds is 7. The van der Waals surface area contributed by atoms with Crippen molar-refractivity contribution >= 4 is 23.4 Å². The van der Waals surface area contributed by atoms with Crippen LogP contribution in [-0.2, 0) is 11.0 Å². The van der Waals surface area contributed by atoms with E-state index in [0.29, 0.717) is 24.5 Å². The third kappa shape index (κ3) is 5.24. The van der Waals surface area contributed by atoms with Crippen LogP contribution in [0.2, 0.25) is 0 Å². The number of benzene rings is 1. The third-order valence-electron chi connectivity index (χ3n) is 5.99. The standard InChI is InChI=1S/C23H22F3N7O4/c24-23(25,26)13-3-1-2-12(4-13)19-27-8-18-20(31-19)30-14-5-17(33(18)9-14)21(36)32-22-28-6-16(7-29-22)37-11-15(35)10-34/h1-4,6-8,14-15,17,34-35H,5,9-11H2,(H,27,30,31)(H,28,29,32,36)/t14-,15-,17?/m0/s1. The van der Waals surface area contributed by atoms with Crippen LogP contribution < -0.4 is 20.3 Å². The highest BCUT2D eigenvalue weighted by atomic mass is 19.4. The highest BCUT2D eigenvalue weighted by Crippen LogP contribution is 2.38. The summed E-state index contributed by atoms with van der Waals surface area (Å²) in [5.41, 5.74) is 0.0122. The number of halogens is 3. The van der Waals surface area contributed by atoms with E-state index in [9.17, 15) is 23.1 Å². The molecule has 2 aromatic heterocycles. The van der Waals surface area contributed by atoms with E-state index in [-0.39, 0.29) is 41.6 Å². The molecule has 11 nitrogen and oxygen atoms in total. The Morgan fingerprint density at radius 2 is 2.03 bits per heavy atom. The van der Waals surface area contributed by atoms with Crippen LogP contribution in [0, 0.1) is 0 Å². The summed E-state index contributed by atoms with van der Waals surface area (Å²) >= 11 is 0. The predicted octanol–water partition coefficient (Wildman–Crippen LogP) is 1.70. The van der Waals surface area contributed by atoms with Crippen molar-refractivity contribution in [2.45, 2.75) is 30.8 Å². The summed E-state index contributed by atoms with van der Waals surface area (Å²) < 4.78 is 44.6. The van der Waals surface area contributed by atoms with Crippen LogP contribution in [-0.4, -0.2) is 74.0 Å². The van der Waals surface area contributed by atoms with Gasteiger partial charge in [0, 0.05) is 18.2 Å². The average Bonchev–Trinajstić information content (AvgIpc) is 3.24. The van der Waals surface area contributed by atoms with E-state index in [1.807, 2.05) is 4.90 Å². The van der Waals surface area contributed by atoms with Gasteiger partial charge in [0.1, 0.15) is 18.8 Å². The summed E-state index contributed by atoms with van der Waals surface area (Å²) in [4.78, 5) is 31.7. The predicted molar refractivity (Wildman–Crippen MR) is 125 cm³/mol. The van der Waals surface area contributed by atoms with Gasteiger partial charge in [0.05, 0.1) is 36.4 Å². The first kappa shape index (κ1) is 24.6. The van der Waals surface area contributed by atoms with Gasteiger partial charge in [-0.25, -0.2) is 19.9 Å². The van der Waals surface area contributed by atoms with E-state index >= 15 is 0 Å². The second kappa shape index (κ2) is 9.78. The molecule has 5 rings (SSSR count). The van der Waals surface area contributed by atoms with Gasteiger partial charge in [-0.3, -0.25) is 10.1 Å². The van der Waals surface area contributed by atoms with Crippen molar-refractivity contribution in [2.75, 3.05) is 35.3 Å². The SMILES string of the molecule is O=C(Nc1ncc(OC[C@@H](O)CO)cn1)C1C[C@H]2CN1c1cnc(-c3cccc(C(F)(F)F)c3)nc1N2. The fraction of sp³-hybridized carbons (Fsp3) is 0.348. The van der Waals surface area contributed by atoms with Gasteiger partial charge < -0.3 is 25.2 Å². The van der Waals surface area contributed by atoms with E-state index in [4.69, 9.17) is 9.84 Å². The molecule has 1 amide bonds. The van der Waals surface area contributed by atoms with Gasteiger partial charge in [0.2, 0.25) is 11.9 Å². The van der Waals surface area contributed by atoms with Crippen LogP contribution >= 0.6 is 0 Å². The number of anilines is 3. The number of aliphatic hydroxyl groups excluding tert-OH is 2. The molecule has 0 radical (unpaired) electrons. The normalized spacial score (nSPS) is 19.1. The van der Waals surface area contributed by atoms with Crippen LogP contribution in [0.1, 0.15) is 12.0 Å². The molecular weight excluding hydrogens is 495 g/mol. The number of carbonyl (C=O) groups excluding carboxylic acids is 1. The number of amides is 1. The zero-order chi connectivity index (χ0) is 26.2. The lowest BCUT2D eigenvalue weighted by Crippen LogP contribution is -2.41. The largest absolute Gasteiger partial charge is 0.488 e. The Labute approximate surface area is 208 Å². The Hall–Kier alpha value is -4.04. The molecule has 1 saturated heterocycles. The second-order valence-corrected chi connectivity index (χ2v) is 8.63. The lowest BCUT2D eigenvalue weighted by atomic mass is 10.1. The molecule has 2 aliphatic heterocycles. The molecule has 1 unspecified atom stereocenters. The minimum Gasteiger partial charge on any atom is -0.488 e. The number of aromatic nitrogens is 4. The molecule has 3 atom stereocenters. The number of ether oxygens (including phenoxy) is 1. The number of nitrogens with zero attached hydrogens (tertiary/aromatic N) is 5. The summed E-state index contributed by atoms with van der Waals surface area (Å²) in [6.45, 7) is -0.0461. The summed E-state index contributed by atoms with van der Waals surface area (Å²) in [5.74, 6) is 0.563. The molecule has 3 aromatic rings. The van der Waals surface area contributed by atoms with E-state index in [2.05, 4.69) is 30.6 Å². The molecule has 0 aliphatic carbocycles. The Balaban J connectivity index is 1.29. The van der Waals surface area contributed by atoms with Crippen molar-refractivity contribution in [3.8, 4) is 17.1 Å². The Morgan fingerprint density at radius 1 is 1.24 bits per heavy atom. The molecule has 2 bridgehead atoms. The van der Waals surface area contributed by atoms with Crippen LogP contribution in [0.25, 0.3) is 11.4 Å². The monoisotopic (exact) mass is 517 g/mol. The first-order valence-corrected chi connectivity index (χ1v) is 11.3. The Bertz CT molecular complexity index is 1290. The summed E-state index contributed by atoms with van der Waals surface area (Å²) in [6.07, 6.45) is -0.887. The topological polar surface area (TPSA) is 146 Å². The molecule has 4 heterocycles. The molecule has 14 heteroatoms. The second-order valence-electron chi connectivity index (χ2n) is 8.63. The highest BCUT2D eigenvalue weighted by Gasteiger charge is 2.42. The van der Waals surface area contributed by atoms with Gasteiger partial charge in [-0.15, -0.1) is 0 Å². The van der Waals surface area contributed by atoms with Gasteiger partial charge in [-0.05, 0) is 18.6 Å². The van der Waals surface area contributed by atoms with Crippen molar-refractivity contribution in [2.24, 2.45) is 0 Å². The minimum absolute atomic E-state index is 0.0621. The van der Waals surface area contributed by atoms with E-state index < -0.39 is 30.5 Å². The number of fused-ring (bicyclic) bond motifs is 4. The maximum atomic E-state index is 13.1. The summed E-state index contributed by atoms with van der Waals surface area (Å²) in [5, 5.41) is 24.1. The van der Waals surface area contributed by atoms with Gasteiger partial charge in [-0.2, -0.15) is 13.2 Å². The van der Waals surface area contributed by atoms with Crippen molar-refractivity contribution < 1.29 is 32.9 Å². The van der Waals surface area contributed by atoms with E-state index in [0.717, 1.165) is 12.1 Å². The van der Waals surface area contributed by atoms with Crippen LogP contribution in [0.15, 0.2) is 42.9 Å². The minimum atomic E-state index is -4.48. The molecule has 194 valence electrons. The maximum absolute atomic E-state index is 13.1. The summed E-state index contributed by atoms with van der Waals surface area (Å²) in [6, 6.07) is 4.14. The number of hydrogen-bond acceptors (Lipinski definition) is 10. The maximum Gasteiger partial charge on any atom is 0.416 e. The Morgan fingerprint density at radius 3 is 2.76 bits per heavy atom. The van der Waals surface area contributed by atoms with Gasteiger partial charge in [-0.1, -0.05) is 12.1 Å². The fourth-order valence-corrected chi connectivity index (χ4v) is 4.21. The van der Waals surface area contributed by atoms with Crippen molar-refractivity contribution in [1.29, 1.82) is 0 Å². The van der Waals surface area contributed by atoms with E-state index in [1.54, 1.807) is 0 Å². The first-order valence-electron chi connectivity index (χ1n) is 11.3. The Kier molecular flexibility index (Phi) is 6.52. The molecule has 1 fully saturated rings. The zero-order valence-electron chi connectivity index (χ0n) is 19.2. The number of nitrogens with one attached hydrogen (secondary N) is 2. The van der Waals surface area contributed by atoms with E-state index in [1.165, 1.54) is 30.7 Å². The molecular formula is C23H22F3N7O4. The van der Waals surface area contributed by atoms with Crippen molar-refractivity contribution in [3.05, 3.63) is 48.4 Å². The molecule has 4 N–H and O–H groups in total. The molecule has 0 spiro atoms. The van der Waals surface area contributed by atoms with Crippen LogP contribution in [0.3, 0.4) is 0 Å². The van der Waals surface area contributed by atoms with Crippen LogP contribution in [0.5, 0.6) is 5.75 Å². The molecule has 1 aromatic carbocycles. The molecule has 0 saturated carbocycles. The molecule has 37 heavy (non-hydrogen) atoms. The van der Waals surface area contributed by atoms with Gasteiger partial charge in [0.15, 0.2) is 17.4 Å². The number of carbonyl (C=O) groups is 1. The fourth-order valence-electron chi connectivity index (χ4n) is 4.21. The molecule has 2 aliphatic rings.